The Morgan fingerprint density at radius 3 is 2.43 bits per heavy atom. The number of furan rings is 1. The quantitative estimate of drug-likeness (QED) is 0.407. The lowest BCUT2D eigenvalue weighted by Gasteiger charge is -2.24. The summed E-state index contributed by atoms with van der Waals surface area (Å²) in [6, 6.07) is 9.58. The van der Waals surface area contributed by atoms with E-state index in [9.17, 15) is 14.7 Å². The van der Waals surface area contributed by atoms with E-state index in [-0.39, 0.29) is 11.3 Å². The van der Waals surface area contributed by atoms with Crippen molar-refractivity contribution in [2.24, 2.45) is 0 Å². The molecule has 0 aliphatic carbocycles. The van der Waals surface area contributed by atoms with E-state index in [1.165, 1.54) is 4.90 Å². The number of nitrogens with zero attached hydrogens (tertiary/aromatic N) is 2. The van der Waals surface area contributed by atoms with Gasteiger partial charge in [0, 0.05) is 18.7 Å². The molecule has 1 fully saturated rings. The molecule has 2 heterocycles. The highest BCUT2D eigenvalue weighted by Crippen LogP contribution is 2.40. The molecule has 3 rings (SSSR count). The number of likely N-dealkylation sites (tertiary alicyclic amines) is 1. The average Bonchev–Trinajstić information content (AvgIpc) is 3.26. The van der Waals surface area contributed by atoms with E-state index >= 15 is 0 Å². The van der Waals surface area contributed by atoms with Crippen molar-refractivity contribution in [3.63, 3.8) is 0 Å². The van der Waals surface area contributed by atoms with E-state index in [0.717, 1.165) is 6.42 Å². The van der Waals surface area contributed by atoms with Gasteiger partial charge in [-0.1, -0.05) is 6.92 Å². The number of carbonyl (C=O) groups excluding carboxylic acids is 2. The van der Waals surface area contributed by atoms with E-state index in [2.05, 4.69) is 0 Å². The first-order valence-corrected chi connectivity index (χ1v) is 10.1. The summed E-state index contributed by atoms with van der Waals surface area (Å²) in [5.41, 5.74) is 0.480. The van der Waals surface area contributed by atoms with E-state index in [1.54, 1.807) is 43.3 Å². The Balaban J connectivity index is 2.02. The lowest BCUT2D eigenvalue weighted by atomic mass is 9.99. The van der Waals surface area contributed by atoms with Gasteiger partial charge in [-0.05, 0) is 63.8 Å². The number of likely N-dealkylation sites (N-methyl/N-ethyl adjacent to an activating group) is 1. The van der Waals surface area contributed by atoms with Gasteiger partial charge in [-0.3, -0.25) is 9.59 Å². The molecule has 1 aliphatic rings. The third-order valence-corrected chi connectivity index (χ3v) is 4.96. The van der Waals surface area contributed by atoms with E-state index < -0.39 is 17.7 Å². The zero-order chi connectivity index (χ0) is 21.8. The normalized spacial score (nSPS) is 18.4. The van der Waals surface area contributed by atoms with Crippen LogP contribution in [0.3, 0.4) is 0 Å². The first-order chi connectivity index (χ1) is 14.3. The maximum atomic E-state index is 12.9. The molecular formula is C23H28N2O5. The minimum absolute atomic E-state index is 0.0373. The summed E-state index contributed by atoms with van der Waals surface area (Å²) >= 11 is 0. The number of Topliss-reactive ketones (excluding diaryl/α,β-unsaturated/α-hetero) is 1. The highest BCUT2D eigenvalue weighted by atomic mass is 16.5. The summed E-state index contributed by atoms with van der Waals surface area (Å²) < 4.78 is 11.3. The smallest absolute Gasteiger partial charge is 0.295 e. The fourth-order valence-electron chi connectivity index (χ4n) is 3.40. The topological polar surface area (TPSA) is 83.2 Å². The maximum Gasteiger partial charge on any atom is 0.295 e. The predicted octanol–water partition coefficient (Wildman–Crippen LogP) is 3.36. The molecule has 1 aliphatic heterocycles. The van der Waals surface area contributed by atoms with Gasteiger partial charge < -0.3 is 24.1 Å². The van der Waals surface area contributed by atoms with Crippen molar-refractivity contribution in [1.82, 2.24) is 9.80 Å². The number of aliphatic hydroxyl groups is 1. The van der Waals surface area contributed by atoms with Gasteiger partial charge in [-0.25, -0.2) is 0 Å². The van der Waals surface area contributed by atoms with Crippen molar-refractivity contribution >= 4 is 17.4 Å². The van der Waals surface area contributed by atoms with Crippen LogP contribution in [0.5, 0.6) is 5.75 Å². The Labute approximate surface area is 176 Å². The van der Waals surface area contributed by atoms with Crippen LogP contribution in [-0.4, -0.2) is 60.4 Å². The molecule has 0 bridgehead atoms. The number of rotatable bonds is 8. The van der Waals surface area contributed by atoms with Crippen LogP contribution in [0.1, 0.15) is 36.5 Å². The minimum Gasteiger partial charge on any atom is -0.507 e. The summed E-state index contributed by atoms with van der Waals surface area (Å²) in [5, 5.41) is 11.0. The van der Waals surface area contributed by atoms with Gasteiger partial charge in [0.15, 0.2) is 0 Å². The second kappa shape index (κ2) is 9.17. The number of benzene rings is 1. The first kappa shape index (κ1) is 21.6. The van der Waals surface area contributed by atoms with Crippen LogP contribution in [0.2, 0.25) is 0 Å². The molecule has 0 unspecified atom stereocenters. The second-order valence-corrected chi connectivity index (χ2v) is 7.62. The molecule has 1 aromatic heterocycles. The van der Waals surface area contributed by atoms with Crippen LogP contribution in [0.25, 0.3) is 5.76 Å². The Morgan fingerprint density at radius 2 is 1.87 bits per heavy atom. The van der Waals surface area contributed by atoms with Crippen molar-refractivity contribution in [3.05, 3.63) is 59.1 Å². The molecular weight excluding hydrogens is 384 g/mol. The number of amides is 1. The highest BCUT2D eigenvalue weighted by molar-refractivity contribution is 6.46. The lowest BCUT2D eigenvalue weighted by molar-refractivity contribution is -0.140. The number of ether oxygens (including phenoxy) is 1. The fraction of sp³-hybridized carbons (Fsp3) is 0.391. The molecule has 0 saturated carbocycles. The molecule has 7 nitrogen and oxygen atoms in total. The summed E-state index contributed by atoms with van der Waals surface area (Å²) in [6.45, 7) is 5.33. The van der Waals surface area contributed by atoms with Crippen molar-refractivity contribution in [2.45, 2.75) is 26.3 Å². The molecule has 30 heavy (non-hydrogen) atoms. The molecule has 1 amide bonds. The molecule has 1 N–H and O–H groups in total. The van der Waals surface area contributed by atoms with Crippen LogP contribution in [0, 0.1) is 6.92 Å². The van der Waals surface area contributed by atoms with Crippen LogP contribution in [0.15, 0.2) is 46.4 Å². The van der Waals surface area contributed by atoms with Gasteiger partial charge in [0.2, 0.25) is 0 Å². The van der Waals surface area contributed by atoms with Crippen LogP contribution in [0.4, 0.5) is 0 Å². The van der Waals surface area contributed by atoms with Gasteiger partial charge >= 0.3 is 0 Å². The molecule has 0 radical (unpaired) electrons. The molecule has 1 aromatic carbocycles. The number of ketones is 1. The van der Waals surface area contributed by atoms with Crippen molar-refractivity contribution < 1.29 is 23.8 Å². The molecule has 1 atom stereocenters. The number of carbonyl (C=O) groups is 2. The van der Waals surface area contributed by atoms with Gasteiger partial charge in [0.1, 0.15) is 29.1 Å². The maximum absolute atomic E-state index is 12.9. The van der Waals surface area contributed by atoms with Gasteiger partial charge in [-0.15, -0.1) is 0 Å². The zero-order valence-corrected chi connectivity index (χ0v) is 17.8. The standard InChI is InChI=1S/C23H28N2O5/c1-5-14-29-17-9-7-16(8-10-17)21(26)19-20(18-11-6-15(2)30-18)25(13-12-24(3)4)23(28)22(19)27/h6-11,20,26H,5,12-14H2,1-4H3/t20-/m0/s1. The summed E-state index contributed by atoms with van der Waals surface area (Å²) in [5.74, 6) is 0.229. The van der Waals surface area contributed by atoms with E-state index in [1.807, 2.05) is 25.9 Å². The van der Waals surface area contributed by atoms with Crippen molar-refractivity contribution in [3.8, 4) is 5.75 Å². The first-order valence-electron chi connectivity index (χ1n) is 10.1. The number of aryl methyl sites for hydroxylation is 1. The molecule has 0 spiro atoms. The zero-order valence-electron chi connectivity index (χ0n) is 17.8. The third-order valence-electron chi connectivity index (χ3n) is 4.96. The van der Waals surface area contributed by atoms with Crippen molar-refractivity contribution in [2.75, 3.05) is 33.8 Å². The summed E-state index contributed by atoms with van der Waals surface area (Å²) in [4.78, 5) is 29.1. The molecule has 160 valence electrons. The highest BCUT2D eigenvalue weighted by Gasteiger charge is 2.47. The number of hydrogen-bond acceptors (Lipinski definition) is 6. The predicted molar refractivity (Wildman–Crippen MR) is 113 cm³/mol. The Bertz CT molecular complexity index is 943. The monoisotopic (exact) mass is 412 g/mol. The van der Waals surface area contributed by atoms with Gasteiger partial charge in [0.25, 0.3) is 11.7 Å². The summed E-state index contributed by atoms with van der Waals surface area (Å²) in [6.07, 6.45) is 0.890. The Morgan fingerprint density at radius 1 is 1.17 bits per heavy atom. The minimum atomic E-state index is -0.769. The number of aliphatic hydroxyl groups excluding tert-OH is 1. The SMILES string of the molecule is CCCOc1ccc(C(O)=C2C(=O)C(=O)N(CCN(C)C)[C@H]2c2ccc(C)o2)cc1. The average molecular weight is 412 g/mol. The Hall–Kier alpha value is -3.06. The largest absolute Gasteiger partial charge is 0.507 e. The fourth-order valence-corrected chi connectivity index (χ4v) is 3.40. The molecule has 2 aromatic rings. The van der Waals surface area contributed by atoms with Crippen LogP contribution >= 0.6 is 0 Å². The third kappa shape index (κ3) is 4.41. The van der Waals surface area contributed by atoms with E-state index in [0.29, 0.717) is 42.5 Å². The van der Waals surface area contributed by atoms with Gasteiger partial charge in [-0.2, -0.15) is 0 Å². The van der Waals surface area contributed by atoms with Crippen LogP contribution in [-0.2, 0) is 9.59 Å². The van der Waals surface area contributed by atoms with Crippen molar-refractivity contribution in [1.29, 1.82) is 0 Å². The summed E-state index contributed by atoms with van der Waals surface area (Å²) in [7, 11) is 3.79. The van der Waals surface area contributed by atoms with Gasteiger partial charge in [0.05, 0.1) is 12.2 Å². The van der Waals surface area contributed by atoms with E-state index in [4.69, 9.17) is 9.15 Å². The van der Waals surface area contributed by atoms with Crippen LogP contribution < -0.4 is 4.74 Å². The Kier molecular flexibility index (Phi) is 6.62. The molecule has 1 saturated heterocycles. The lowest BCUT2D eigenvalue weighted by Crippen LogP contribution is -2.35. The molecule has 7 heteroatoms. The second-order valence-electron chi connectivity index (χ2n) is 7.62. The number of hydrogen-bond donors (Lipinski definition) is 1.